The van der Waals surface area contributed by atoms with Gasteiger partial charge in [-0.3, -0.25) is 14.6 Å². The molecule has 0 bridgehead atoms. The number of hydrogen-bond donors (Lipinski definition) is 4. The highest BCUT2D eigenvalue weighted by Crippen LogP contribution is 2.09. The number of aliphatic imine (C=N–C) groups is 1. The lowest BCUT2D eigenvalue weighted by Gasteiger charge is -2.22. The molecule has 4 N–H and O–H groups in total. The molecule has 8 heteroatoms. The lowest BCUT2D eigenvalue weighted by atomic mass is 10.0. The van der Waals surface area contributed by atoms with Crippen LogP contribution in [0, 0.1) is 5.92 Å². The number of nitrogens with one attached hydrogen (secondary N) is 2. The zero-order valence-electron chi connectivity index (χ0n) is 9.14. The summed E-state index contributed by atoms with van der Waals surface area (Å²) in [5, 5.41) is 22.5. The number of amides is 2. The highest BCUT2D eigenvalue weighted by molar-refractivity contribution is 7.80. The number of aliphatic hydroxyl groups excluding tert-OH is 2. The maximum Gasteiger partial charge on any atom is 0.244 e. The van der Waals surface area contributed by atoms with Gasteiger partial charge < -0.3 is 20.8 Å². The van der Waals surface area contributed by atoms with Crippen LogP contribution in [-0.4, -0.2) is 52.1 Å². The topological polar surface area (TPSA) is 111 Å². The lowest BCUT2D eigenvalue weighted by molar-refractivity contribution is -0.131. The van der Waals surface area contributed by atoms with Crippen molar-refractivity contribution in [3.05, 3.63) is 0 Å². The van der Waals surface area contributed by atoms with Crippen LogP contribution in [0.25, 0.3) is 0 Å². The Morgan fingerprint density at radius 1 is 1.35 bits per heavy atom. The number of carbonyl (C=O) groups excluding carboxylic acids is 2. The van der Waals surface area contributed by atoms with Crippen molar-refractivity contribution < 1.29 is 19.8 Å². The third kappa shape index (κ3) is 3.29. The van der Waals surface area contributed by atoms with Crippen LogP contribution in [0.15, 0.2) is 4.99 Å². The Labute approximate surface area is 103 Å². The number of rotatable bonds is 4. The van der Waals surface area contributed by atoms with Crippen molar-refractivity contribution in [2.45, 2.75) is 12.5 Å². The van der Waals surface area contributed by atoms with Gasteiger partial charge in [-0.1, -0.05) is 0 Å². The van der Waals surface area contributed by atoms with E-state index < -0.39 is 36.5 Å². The van der Waals surface area contributed by atoms with Gasteiger partial charge in [-0.15, -0.1) is 0 Å². The zero-order chi connectivity index (χ0) is 13.1. The maximum atomic E-state index is 11.4. The van der Waals surface area contributed by atoms with Crippen LogP contribution >= 0.6 is 12.2 Å². The van der Waals surface area contributed by atoms with Crippen LogP contribution in [-0.2, 0) is 9.59 Å². The third-order valence-corrected chi connectivity index (χ3v) is 2.46. The molecular weight excluding hydrogens is 246 g/mol. The van der Waals surface area contributed by atoms with E-state index >= 15 is 0 Å². The summed E-state index contributed by atoms with van der Waals surface area (Å²) in [5.41, 5.74) is -1.11. The molecule has 1 fully saturated rings. The molecular formula is C9H13N3O4S. The van der Waals surface area contributed by atoms with Crippen molar-refractivity contribution in [2.24, 2.45) is 10.9 Å². The van der Waals surface area contributed by atoms with Gasteiger partial charge in [0, 0.05) is 6.21 Å². The van der Waals surface area contributed by atoms with E-state index in [0.717, 1.165) is 6.21 Å². The fourth-order valence-corrected chi connectivity index (χ4v) is 1.25. The fraction of sp³-hybridized carbons (Fsp3) is 0.556. The summed E-state index contributed by atoms with van der Waals surface area (Å²) in [4.78, 5) is 26.7. The first kappa shape index (κ1) is 13.7. The fourth-order valence-electron chi connectivity index (χ4n) is 1.05. The van der Waals surface area contributed by atoms with Crippen molar-refractivity contribution in [1.29, 1.82) is 0 Å². The average Bonchev–Trinajstić information content (AvgIpc) is 2.27. The molecule has 0 aromatic rings. The average molecular weight is 259 g/mol. The Morgan fingerprint density at radius 3 is 2.24 bits per heavy atom. The Bertz CT molecular complexity index is 358. The van der Waals surface area contributed by atoms with Gasteiger partial charge in [-0.2, -0.15) is 0 Å². The molecule has 0 radical (unpaired) electrons. The molecule has 0 saturated carbocycles. The number of thiocarbonyl (C=S) groups is 1. The molecule has 17 heavy (non-hydrogen) atoms. The largest absolute Gasteiger partial charge is 0.394 e. The van der Waals surface area contributed by atoms with Gasteiger partial charge in [0.05, 0.1) is 13.2 Å². The van der Waals surface area contributed by atoms with Crippen LogP contribution in [0.2, 0.25) is 0 Å². The Balaban J connectivity index is 2.80. The zero-order valence-corrected chi connectivity index (χ0v) is 9.95. The summed E-state index contributed by atoms with van der Waals surface area (Å²) in [7, 11) is 0. The van der Waals surface area contributed by atoms with Crippen LogP contribution in [0.4, 0.5) is 0 Å². The van der Waals surface area contributed by atoms with E-state index in [1.807, 2.05) is 0 Å². The van der Waals surface area contributed by atoms with Crippen molar-refractivity contribution in [3.8, 4) is 0 Å². The number of hydrogen-bond acceptors (Lipinski definition) is 6. The third-order valence-electron chi connectivity index (χ3n) is 2.25. The summed E-state index contributed by atoms with van der Waals surface area (Å²) in [5.74, 6) is -2.28. The second-order valence-electron chi connectivity index (χ2n) is 3.88. The smallest absolute Gasteiger partial charge is 0.244 e. The highest BCUT2D eigenvalue weighted by atomic mass is 32.1. The quantitative estimate of drug-likeness (QED) is 0.264. The summed E-state index contributed by atoms with van der Waals surface area (Å²) >= 11 is 4.63. The minimum absolute atomic E-state index is 0.0447. The summed E-state index contributed by atoms with van der Waals surface area (Å²) < 4.78 is 0. The van der Waals surface area contributed by atoms with Crippen LogP contribution in [0.3, 0.4) is 0 Å². The number of aliphatic hydroxyl groups is 2. The molecule has 0 atom stereocenters. The molecule has 1 aliphatic rings. The first-order chi connectivity index (χ1) is 7.91. The van der Waals surface area contributed by atoms with Crippen molar-refractivity contribution >= 4 is 35.4 Å². The maximum absolute atomic E-state index is 11.4. The van der Waals surface area contributed by atoms with E-state index in [1.165, 1.54) is 6.92 Å². The molecule has 2 amide bonds. The second kappa shape index (κ2) is 5.30. The lowest BCUT2D eigenvalue weighted by Crippen LogP contribution is -2.56. The van der Waals surface area contributed by atoms with E-state index in [1.54, 1.807) is 0 Å². The van der Waals surface area contributed by atoms with E-state index in [2.05, 4.69) is 27.8 Å². The molecule has 94 valence electrons. The van der Waals surface area contributed by atoms with Gasteiger partial charge in [0.25, 0.3) is 0 Å². The Kier molecular flexibility index (Phi) is 4.27. The van der Waals surface area contributed by atoms with E-state index in [-0.39, 0.29) is 5.11 Å². The van der Waals surface area contributed by atoms with Gasteiger partial charge in [-0.25, -0.2) is 0 Å². The van der Waals surface area contributed by atoms with E-state index in [0.29, 0.717) is 0 Å². The molecule has 0 spiro atoms. The van der Waals surface area contributed by atoms with E-state index in [9.17, 15) is 9.59 Å². The number of nitrogens with zero attached hydrogens (tertiary/aromatic N) is 1. The summed E-state index contributed by atoms with van der Waals surface area (Å²) in [6, 6.07) is 0. The molecule has 0 aliphatic carbocycles. The standard InChI is InChI=1S/C9H13N3O4S/c1-9(3-13,4-14)10-2-5-6(15)11-8(17)12-7(5)16/h2,5,13-14H,3-4H2,1H3,(H2,11,12,15,16,17). The van der Waals surface area contributed by atoms with Crippen LogP contribution < -0.4 is 10.6 Å². The molecule has 1 aliphatic heterocycles. The van der Waals surface area contributed by atoms with Crippen molar-refractivity contribution in [1.82, 2.24) is 10.6 Å². The van der Waals surface area contributed by atoms with Crippen molar-refractivity contribution in [3.63, 3.8) is 0 Å². The minimum Gasteiger partial charge on any atom is -0.394 e. The highest BCUT2D eigenvalue weighted by Gasteiger charge is 2.32. The first-order valence-corrected chi connectivity index (χ1v) is 5.25. The molecule has 0 aromatic heterocycles. The summed E-state index contributed by atoms with van der Waals surface area (Å²) in [6.45, 7) is 0.704. The molecule has 0 unspecified atom stereocenters. The second-order valence-corrected chi connectivity index (χ2v) is 4.28. The van der Waals surface area contributed by atoms with Gasteiger partial charge in [0.15, 0.2) is 11.0 Å². The molecule has 1 saturated heterocycles. The number of carbonyl (C=O) groups is 2. The minimum atomic E-state index is -1.11. The van der Waals surface area contributed by atoms with Crippen LogP contribution in [0.5, 0.6) is 0 Å². The van der Waals surface area contributed by atoms with Gasteiger partial charge in [0.1, 0.15) is 5.54 Å². The predicted octanol–water partition coefficient (Wildman–Crippen LogP) is -2.05. The Morgan fingerprint density at radius 2 is 1.82 bits per heavy atom. The first-order valence-electron chi connectivity index (χ1n) is 4.84. The van der Waals surface area contributed by atoms with Crippen molar-refractivity contribution in [2.75, 3.05) is 13.2 Å². The van der Waals surface area contributed by atoms with E-state index in [4.69, 9.17) is 10.2 Å². The molecule has 0 aromatic carbocycles. The van der Waals surface area contributed by atoms with Gasteiger partial charge in [-0.05, 0) is 19.1 Å². The SMILES string of the molecule is CC(CO)(CO)N=CC1C(=O)NC(=S)NC1=O. The normalized spacial score (nSPS) is 18.4. The monoisotopic (exact) mass is 259 g/mol. The Hall–Kier alpha value is -1.38. The predicted molar refractivity (Wildman–Crippen MR) is 63.4 cm³/mol. The van der Waals surface area contributed by atoms with Crippen LogP contribution in [0.1, 0.15) is 6.92 Å². The summed E-state index contributed by atoms with van der Waals surface area (Å²) in [6.07, 6.45) is 1.10. The van der Waals surface area contributed by atoms with Gasteiger partial charge >= 0.3 is 0 Å². The molecule has 1 rings (SSSR count). The van der Waals surface area contributed by atoms with Gasteiger partial charge in [0.2, 0.25) is 11.8 Å². The molecule has 7 nitrogen and oxygen atoms in total. The molecule has 1 heterocycles.